The molecule has 1 N–H and O–H groups in total. The molecule has 0 radical (unpaired) electrons. The van der Waals surface area contributed by atoms with Crippen LogP contribution in [0.4, 0.5) is 0 Å². The fraction of sp³-hybridized carbons (Fsp3) is 0.500. The number of morpholine rings is 1. The molecule has 0 aromatic carbocycles. The maximum atomic E-state index is 5.50. The van der Waals surface area contributed by atoms with Crippen LogP contribution in [0.3, 0.4) is 0 Å². The molecular weight excluding hydrogens is 222 g/mol. The first-order chi connectivity index (χ1) is 5.86. The number of furan rings is 1. The summed E-state index contributed by atoms with van der Waals surface area (Å²) in [6.07, 6.45) is 0.0741. The van der Waals surface area contributed by atoms with Crippen LogP contribution in [0.25, 0.3) is 0 Å². The molecule has 0 spiro atoms. The summed E-state index contributed by atoms with van der Waals surface area (Å²) in [4.78, 5) is 0. The summed E-state index contributed by atoms with van der Waals surface area (Å²) >= 11 is 3.26. The second-order valence-corrected chi connectivity index (χ2v) is 3.49. The normalized spacial score (nSPS) is 24.2. The number of ether oxygens (including phenoxy) is 1. The van der Waals surface area contributed by atoms with Crippen molar-refractivity contribution in [1.29, 1.82) is 0 Å². The highest BCUT2D eigenvalue weighted by Gasteiger charge is 2.18. The molecule has 1 aromatic rings. The van der Waals surface area contributed by atoms with Gasteiger partial charge in [-0.3, -0.25) is 0 Å². The van der Waals surface area contributed by atoms with Crippen LogP contribution >= 0.6 is 15.9 Å². The first-order valence-corrected chi connectivity index (χ1v) is 4.73. The second-order valence-electron chi connectivity index (χ2n) is 2.71. The van der Waals surface area contributed by atoms with Gasteiger partial charge in [-0.05, 0) is 28.1 Å². The zero-order valence-corrected chi connectivity index (χ0v) is 8.13. The van der Waals surface area contributed by atoms with Gasteiger partial charge in [0, 0.05) is 13.1 Å². The van der Waals surface area contributed by atoms with Crippen LogP contribution in [0.1, 0.15) is 11.9 Å². The third-order valence-electron chi connectivity index (χ3n) is 1.84. The number of nitrogens with one attached hydrogen (secondary N) is 1. The van der Waals surface area contributed by atoms with Crippen molar-refractivity contribution in [2.75, 3.05) is 19.7 Å². The van der Waals surface area contributed by atoms with Crippen molar-refractivity contribution >= 4 is 15.9 Å². The van der Waals surface area contributed by atoms with E-state index in [0.717, 1.165) is 30.1 Å². The van der Waals surface area contributed by atoms with E-state index in [1.165, 1.54) is 0 Å². The lowest BCUT2D eigenvalue weighted by Crippen LogP contribution is -2.33. The Morgan fingerprint density at radius 2 is 2.42 bits per heavy atom. The summed E-state index contributed by atoms with van der Waals surface area (Å²) < 4.78 is 11.6. The Bertz CT molecular complexity index is 255. The van der Waals surface area contributed by atoms with E-state index < -0.39 is 0 Å². The van der Waals surface area contributed by atoms with Gasteiger partial charge < -0.3 is 14.5 Å². The largest absolute Gasteiger partial charge is 0.452 e. The molecule has 1 aliphatic rings. The summed E-state index contributed by atoms with van der Waals surface area (Å²) in [5.41, 5.74) is 0. The SMILES string of the molecule is Brc1ccc(C2CNCCO2)o1. The number of hydrogen-bond donors (Lipinski definition) is 1. The smallest absolute Gasteiger partial charge is 0.169 e. The molecule has 1 atom stereocenters. The molecule has 4 heteroatoms. The Morgan fingerprint density at radius 3 is 3.00 bits per heavy atom. The molecule has 0 amide bonds. The zero-order chi connectivity index (χ0) is 8.39. The third kappa shape index (κ3) is 1.71. The summed E-state index contributed by atoms with van der Waals surface area (Å²) in [5, 5.41) is 3.24. The van der Waals surface area contributed by atoms with Gasteiger partial charge in [-0.1, -0.05) is 0 Å². The van der Waals surface area contributed by atoms with Crippen LogP contribution in [0.2, 0.25) is 0 Å². The van der Waals surface area contributed by atoms with E-state index in [1.807, 2.05) is 12.1 Å². The average Bonchev–Trinajstić information content (AvgIpc) is 2.54. The topological polar surface area (TPSA) is 34.4 Å². The molecule has 2 rings (SSSR count). The summed E-state index contributed by atoms with van der Waals surface area (Å²) in [6, 6.07) is 3.81. The molecule has 3 nitrogen and oxygen atoms in total. The maximum absolute atomic E-state index is 5.50. The average molecular weight is 232 g/mol. The lowest BCUT2D eigenvalue weighted by molar-refractivity contribution is 0.0138. The molecule has 0 bridgehead atoms. The summed E-state index contributed by atoms with van der Waals surface area (Å²) in [6.45, 7) is 2.52. The molecule has 0 saturated carbocycles. The molecule has 12 heavy (non-hydrogen) atoms. The number of halogens is 1. The Kier molecular flexibility index (Phi) is 2.48. The summed E-state index contributed by atoms with van der Waals surface area (Å²) in [7, 11) is 0. The van der Waals surface area contributed by atoms with E-state index in [2.05, 4.69) is 21.2 Å². The first kappa shape index (κ1) is 8.29. The molecule has 0 aliphatic carbocycles. The van der Waals surface area contributed by atoms with Crippen molar-refractivity contribution in [1.82, 2.24) is 5.32 Å². The molecule has 1 aliphatic heterocycles. The molecule has 1 fully saturated rings. The molecule has 1 unspecified atom stereocenters. The fourth-order valence-corrected chi connectivity index (χ4v) is 1.57. The van der Waals surface area contributed by atoms with Crippen LogP contribution in [-0.2, 0) is 4.74 Å². The fourth-order valence-electron chi connectivity index (χ4n) is 1.25. The van der Waals surface area contributed by atoms with Crippen molar-refractivity contribution < 1.29 is 9.15 Å². The molecule has 1 aromatic heterocycles. The van der Waals surface area contributed by atoms with E-state index in [4.69, 9.17) is 9.15 Å². The van der Waals surface area contributed by atoms with Gasteiger partial charge >= 0.3 is 0 Å². The van der Waals surface area contributed by atoms with Gasteiger partial charge in [0.25, 0.3) is 0 Å². The van der Waals surface area contributed by atoms with E-state index in [9.17, 15) is 0 Å². The molecular formula is C8H10BrNO2. The van der Waals surface area contributed by atoms with Crippen LogP contribution in [0, 0.1) is 0 Å². The number of hydrogen-bond acceptors (Lipinski definition) is 3. The predicted octanol–water partition coefficient (Wildman–Crippen LogP) is 1.70. The molecule has 2 heterocycles. The quantitative estimate of drug-likeness (QED) is 0.800. The van der Waals surface area contributed by atoms with Gasteiger partial charge in [-0.25, -0.2) is 0 Å². The lowest BCUT2D eigenvalue weighted by Gasteiger charge is -2.21. The van der Waals surface area contributed by atoms with Gasteiger partial charge in [0.05, 0.1) is 6.61 Å². The third-order valence-corrected chi connectivity index (χ3v) is 2.27. The molecule has 66 valence electrons. The zero-order valence-electron chi connectivity index (χ0n) is 6.55. The van der Waals surface area contributed by atoms with Crippen molar-refractivity contribution in [2.45, 2.75) is 6.10 Å². The Hall–Kier alpha value is -0.320. The van der Waals surface area contributed by atoms with Gasteiger partial charge in [-0.15, -0.1) is 0 Å². The number of rotatable bonds is 1. The molecule has 1 saturated heterocycles. The van der Waals surface area contributed by atoms with Crippen molar-refractivity contribution in [3.05, 3.63) is 22.6 Å². The monoisotopic (exact) mass is 231 g/mol. The Balaban J connectivity index is 2.08. The first-order valence-electron chi connectivity index (χ1n) is 3.94. The minimum absolute atomic E-state index is 0.0741. The summed E-state index contributed by atoms with van der Waals surface area (Å²) in [5.74, 6) is 0.883. The Morgan fingerprint density at radius 1 is 1.50 bits per heavy atom. The van der Waals surface area contributed by atoms with E-state index in [-0.39, 0.29) is 6.10 Å². The highest BCUT2D eigenvalue weighted by atomic mass is 79.9. The van der Waals surface area contributed by atoms with Gasteiger partial charge in [0.1, 0.15) is 11.9 Å². The van der Waals surface area contributed by atoms with E-state index in [1.54, 1.807) is 0 Å². The van der Waals surface area contributed by atoms with Gasteiger partial charge in [0.15, 0.2) is 4.67 Å². The highest BCUT2D eigenvalue weighted by Crippen LogP contribution is 2.23. The van der Waals surface area contributed by atoms with Gasteiger partial charge in [-0.2, -0.15) is 0 Å². The lowest BCUT2D eigenvalue weighted by atomic mass is 10.2. The van der Waals surface area contributed by atoms with E-state index in [0.29, 0.717) is 0 Å². The van der Waals surface area contributed by atoms with Crippen LogP contribution in [0.15, 0.2) is 21.2 Å². The van der Waals surface area contributed by atoms with Crippen molar-refractivity contribution in [3.63, 3.8) is 0 Å². The predicted molar refractivity (Wildman–Crippen MR) is 48.0 cm³/mol. The van der Waals surface area contributed by atoms with Gasteiger partial charge in [0.2, 0.25) is 0 Å². The highest BCUT2D eigenvalue weighted by molar-refractivity contribution is 9.10. The maximum Gasteiger partial charge on any atom is 0.169 e. The standard InChI is InChI=1S/C8H10BrNO2/c9-8-2-1-6(12-8)7-5-10-3-4-11-7/h1-2,7,10H,3-5H2. The van der Waals surface area contributed by atoms with Crippen LogP contribution in [-0.4, -0.2) is 19.7 Å². The van der Waals surface area contributed by atoms with Crippen LogP contribution < -0.4 is 5.32 Å². The second kappa shape index (κ2) is 3.60. The minimum Gasteiger partial charge on any atom is -0.452 e. The Labute approximate surface area is 79.2 Å². The van der Waals surface area contributed by atoms with Crippen molar-refractivity contribution in [2.24, 2.45) is 0 Å². The van der Waals surface area contributed by atoms with E-state index >= 15 is 0 Å². The van der Waals surface area contributed by atoms with Crippen LogP contribution in [0.5, 0.6) is 0 Å². The van der Waals surface area contributed by atoms with Crippen molar-refractivity contribution in [3.8, 4) is 0 Å². The minimum atomic E-state index is 0.0741.